The van der Waals surface area contributed by atoms with E-state index in [4.69, 9.17) is 9.47 Å². The van der Waals surface area contributed by atoms with Crippen LogP contribution < -0.4 is 14.8 Å². The lowest BCUT2D eigenvalue weighted by Crippen LogP contribution is -2.29. The number of ether oxygens (including phenoxy) is 2. The number of methoxy groups -OCH3 is 2. The molecule has 1 fully saturated rings. The third-order valence-corrected chi connectivity index (χ3v) is 3.65. The molecule has 1 aromatic rings. The fourth-order valence-corrected chi connectivity index (χ4v) is 2.29. The summed E-state index contributed by atoms with van der Waals surface area (Å²) in [4.78, 5) is 0. The number of likely N-dealkylation sites (N-methyl/N-ethyl adjacent to an activating group) is 1. The van der Waals surface area contributed by atoms with Gasteiger partial charge in [0.15, 0.2) is 0 Å². The average molecular weight is 235 g/mol. The maximum absolute atomic E-state index is 5.48. The van der Waals surface area contributed by atoms with E-state index in [1.807, 2.05) is 7.05 Å². The number of rotatable bonds is 5. The molecule has 0 bridgehead atoms. The molecule has 2 rings (SSSR count). The van der Waals surface area contributed by atoms with E-state index in [1.165, 1.54) is 18.4 Å². The third kappa shape index (κ3) is 2.39. The highest BCUT2D eigenvalue weighted by molar-refractivity contribution is 5.49. The fourth-order valence-electron chi connectivity index (χ4n) is 2.29. The van der Waals surface area contributed by atoms with Crippen molar-refractivity contribution >= 4 is 0 Å². The monoisotopic (exact) mass is 235 g/mol. The zero-order chi connectivity index (χ0) is 12.5. The van der Waals surface area contributed by atoms with Crippen molar-refractivity contribution in [1.82, 2.24) is 5.32 Å². The number of benzene rings is 1. The lowest BCUT2D eigenvalue weighted by molar-refractivity contribution is 0.378. The molecule has 1 aliphatic rings. The molecule has 0 radical (unpaired) electrons. The van der Waals surface area contributed by atoms with Gasteiger partial charge in [0, 0.05) is 11.1 Å². The van der Waals surface area contributed by atoms with E-state index >= 15 is 0 Å². The smallest absolute Gasteiger partial charge is 0.126 e. The average Bonchev–Trinajstić information content (AvgIpc) is 3.11. The first-order valence-electron chi connectivity index (χ1n) is 6.04. The minimum absolute atomic E-state index is 0.260. The zero-order valence-corrected chi connectivity index (χ0v) is 11.1. The maximum atomic E-state index is 5.48. The summed E-state index contributed by atoms with van der Waals surface area (Å²) in [6.07, 6.45) is 3.42. The molecule has 1 aliphatic carbocycles. The Balaban J connectivity index is 2.36. The van der Waals surface area contributed by atoms with Crippen molar-refractivity contribution in [2.75, 3.05) is 21.3 Å². The van der Waals surface area contributed by atoms with Crippen LogP contribution in [0.25, 0.3) is 0 Å². The molecule has 1 N–H and O–H groups in total. The van der Waals surface area contributed by atoms with E-state index in [0.717, 1.165) is 23.5 Å². The molecular weight excluding hydrogens is 214 g/mol. The topological polar surface area (TPSA) is 30.5 Å². The van der Waals surface area contributed by atoms with Crippen molar-refractivity contribution in [1.29, 1.82) is 0 Å². The standard InChI is InChI=1S/C14H21NO2/c1-10-7-12(16-3)11(13(8-10)17-4)9-14(15-2)5-6-14/h7-8,15H,5-6,9H2,1-4H3. The molecule has 94 valence electrons. The first-order valence-corrected chi connectivity index (χ1v) is 6.04. The number of aryl methyl sites for hydroxylation is 1. The summed E-state index contributed by atoms with van der Waals surface area (Å²) in [6, 6.07) is 4.15. The first kappa shape index (κ1) is 12.2. The van der Waals surface area contributed by atoms with Crippen molar-refractivity contribution in [3.05, 3.63) is 23.3 Å². The minimum atomic E-state index is 0.260. The fraction of sp³-hybridized carbons (Fsp3) is 0.571. The van der Waals surface area contributed by atoms with Gasteiger partial charge < -0.3 is 14.8 Å². The molecule has 3 nitrogen and oxygen atoms in total. The molecule has 0 spiro atoms. The summed E-state index contributed by atoms with van der Waals surface area (Å²) >= 11 is 0. The van der Waals surface area contributed by atoms with Gasteiger partial charge in [-0.05, 0) is 50.9 Å². The molecule has 0 atom stereocenters. The summed E-state index contributed by atoms with van der Waals surface area (Å²) in [6.45, 7) is 2.06. The quantitative estimate of drug-likeness (QED) is 0.849. The molecule has 0 heterocycles. The highest BCUT2D eigenvalue weighted by atomic mass is 16.5. The van der Waals surface area contributed by atoms with Gasteiger partial charge in [0.1, 0.15) is 11.5 Å². The molecule has 0 aliphatic heterocycles. The van der Waals surface area contributed by atoms with Gasteiger partial charge in [0.05, 0.1) is 14.2 Å². The van der Waals surface area contributed by atoms with Crippen LogP contribution in [0.15, 0.2) is 12.1 Å². The van der Waals surface area contributed by atoms with Crippen LogP contribution in [-0.2, 0) is 6.42 Å². The Labute approximate surface area is 103 Å². The van der Waals surface area contributed by atoms with Crippen LogP contribution in [-0.4, -0.2) is 26.8 Å². The van der Waals surface area contributed by atoms with E-state index in [1.54, 1.807) is 14.2 Å². The molecule has 1 saturated carbocycles. The number of hydrogen-bond acceptors (Lipinski definition) is 3. The van der Waals surface area contributed by atoms with E-state index in [0.29, 0.717) is 0 Å². The van der Waals surface area contributed by atoms with Crippen molar-refractivity contribution < 1.29 is 9.47 Å². The van der Waals surface area contributed by atoms with E-state index in [9.17, 15) is 0 Å². The second-order valence-electron chi connectivity index (χ2n) is 4.86. The Morgan fingerprint density at radius 2 is 1.71 bits per heavy atom. The largest absolute Gasteiger partial charge is 0.496 e. The van der Waals surface area contributed by atoms with Crippen molar-refractivity contribution in [3.63, 3.8) is 0 Å². The van der Waals surface area contributed by atoms with E-state index in [2.05, 4.69) is 24.4 Å². The van der Waals surface area contributed by atoms with Gasteiger partial charge in [-0.15, -0.1) is 0 Å². The van der Waals surface area contributed by atoms with Crippen LogP contribution in [0.4, 0.5) is 0 Å². The predicted octanol–water partition coefficient (Wildman–Crippen LogP) is 2.31. The SMILES string of the molecule is CNC1(Cc2c(OC)cc(C)cc2OC)CC1. The van der Waals surface area contributed by atoms with Crippen LogP contribution in [0, 0.1) is 6.92 Å². The Hall–Kier alpha value is -1.22. The summed E-state index contributed by atoms with van der Waals surface area (Å²) in [7, 11) is 5.47. The summed E-state index contributed by atoms with van der Waals surface area (Å²) in [5.41, 5.74) is 2.60. The summed E-state index contributed by atoms with van der Waals surface area (Å²) < 4.78 is 11.0. The van der Waals surface area contributed by atoms with Crippen molar-refractivity contribution in [2.45, 2.75) is 31.7 Å². The van der Waals surface area contributed by atoms with Gasteiger partial charge in [-0.25, -0.2) is 0 Å². The third-order valence-electron chi connectivity index (χ3n) is 3.65. The Morgan fingerprint density at radius 1 is 1.18 bits per heavy atom. The van der Waals surface area contributed by atoms with Gasteiger partial charge in [-0.3, -0.25) is 0 Å². The predicted molar refractivity (Wildman–Crippen MR) is 69.0 cm³/mol. The van der Waals surface area contributed by atoms with Crippen LogP contribution >= 0.6 is 0 Å². The second kappa shape index (κ2) is 4.57. The highest BCUT2D eigenvalue weighted by Gasteiger charge is 2.42. The van der Waals surface area contributed by atoms with Crippen molar-refractivity contribution in [2.24, 2.45) is 0 Å². The van der Waals surface area contributed by atoms with Gasteiger partial charge in [0.2, 0.25) is 0 Å². The van der Waals surface area contributed by atoms with Gasteiger partial charge >= 0.3 is 0 Å². The summed E-state index contributed by atoms with van der Waals surface area (Å²) in [5, 5.41) is 3.41. The molecule has 0 amide bonds. The lowest BCUT2D eigenvalue weighted by atomic mass is 10.0. The van der Waals surface area contributed by atoms with E-state index in [-0.39, 0.29) is 5.54 Å². The van der Waals surface area contributed by atoms with Gasteiger partial charge in [-0.1, -0.05) is 0 Å². The highest BCUT2D eigenvalue weighted by Crippen LogP contribution is 2.43. The van der Waals surface area contributed by atoms with Crippen LogP contribution in [0.2, 0.25) is 0 Å². The van der Waals surface area contributed by atoms with Crippen LogP contribution in [0.1, 0.15) is 24.0 Å². The van der Waals surface area contributed by atoms with Crippen LogP contribution in [0.5, 0.6) is 11.5 Å². The number of hydrogen-bond donors (Lipinski definition) is 1. The van der Waals surface area contributed by atoms with Gasteiger partial charge in [-0.2, -0.15) is 0 Å². The Kier molecular flexibility index (Phi) is 3.29. The molecule has 1 aromatic carbocycles. The molecule has 17 heavy (non-hydrogen) atoms. The van der Waals surface area contributed by atoms with Crippen molar-refractivity contribution in [3.8, 4) is 11.5 Å². The molecule has 0 saturated heterocycles. The first-order chi connectivity index (χ1) is 8.14. The Bertz CT molecular complexity index is 386. The molecule has 0 unspecified atom stereocenters. The maximum Gasteiger partial charge on any atom is 0.126 e. The molecule has 3 heteroatoms. The van der Waals surface area contributed by atoms with E-state index < -0.39 is 0 Å². The second-order valence-corrected chi connectivity index (χ2v) is 4.86. The molecular formula is C14H21NO2. The lowest BCUT2D eigenvalue weighted by Gasteiger charge is -2.19. The van der Waals surface area contributed by atoms with Gasteiger partial charge in [0.25, 0.3) is 0 Å². The summed E-state index contributed by atoms with van der Waals surface area (Å²) in [5.74, 6) is 1.87. The number of nitrogens with one attached hydrogen (secondary N) is 1. The zero-order valence-electron chi connectivity index (χ0n) is 11.1. The van der Waals surface area contributed by atoms with Crippen LogP contribution in [0.3, 0.4) is 0 Å². The Morgan fingerprint density at radius 3 is 2.06 bits per heavy atom. The minimum Gasteiger partial charge on any atom is -0.496 e. The molecule has 0 aromatic heterocycles. The normalized spacial score (nSPS) is 16.7.